The van der Waals surface area contributed by atoms with Crippen LogP contribution in [0.1, 0.15) is 77.5 Å². The summed E-state index contributed by atoms with van der Waals surface area (Å²) in [6, 6.07) is 17.4. The minimum atomic E-state index is -0.0618. The summed E-state index contributed by atoms with van der Waals surface area (Å²) in [7, 11) is 2.18. The van der Waals surface area contributed by atoms with Gasteiger partial charge < -0.3 is 0 Å². The Morgan fingerprint density at radius 1 is 1.05 bits per heavy atom. The van der Waals surface area contributed by atoms with Crippen LogP contribution in [0, 0.1) is 6.92 Å². The van der Waals surface area contributed by atoms with E-state index in [9.17, 15) is 0 Å². The molecule has 0 bridgehead atoms. The van der Waals surface area contributed by atoms with Crippen LogP contribution in [-0.4, -0.2) is 28.6 Å². The zero-order chi connectivity index (χ0) is 29.1. The Labute approximate surface area is 242 Å². The third-order valence-electron chi connectivity index (χ3n) is 8.86. The Balaban J connectivity index is 1.78. The van der Waals surface area contributed by atoms with Crippen molar-refractivity contribution in [3.63, 3.8) is 0 Å². The summed E-state index contributed by atoms with van der Waals surface area (Å²) in [4.78, 5) is 0. The van der Waals surface area contributed by atoms with E-state index in [2.05, 4.69) is 138 Å². The van der Waals surface area contributed by atoms with Gasteiger partial charge in [-0.25, -0.2) is 5.01 Å². The molecule has 0 radical (unpaired) electrons. The number of hydrogen-bond donors (Lipinski definition) is 0. The van der Waals surface area contributed by atoms with E-state index < -0.39 is 0 Å². The quantitative estimate of drug-likeness (QED) is 0.188. The second kappa shape index (κ2) is 11.8. The minimum absolute atomic E-state index is 0.0589. The van der Waals surface area contributed by atoms with Crippen LogP contribution in [0.15, 0.2) is 113 Å². The molecule has 3 heteroatoms. The lowest BCUT2D eigenvalue weighted by Gasteiger charge is -2.29. The molecule has 0 unspecified atom stereocenters. The topological polar surface area (TPSA) is 18.6 Å². The van der Waals surface area contributed by atoms with Gasteiger partial charge in [0.25, 0.3) is 0 Å². The maximum atomic E-state index is 4.68. The third-order valence-corrected chi connectivity index (χ3v) is 8.86. The monoisotopic (exact) mass is 532 g/mol. The minimum Gasteiger partial charge on any atom is -0.241 e. The SMILES string of the molecule is C=CN(/N=C\C)C1=C(/C=C/C2=[N+](C)c3ccccc3C2(C)C)CCC/C1=C\C=C(\C)C(C)(C)c1ccccc1C. The Kier molecular flexibility index (Phi) is 8.63. The lowest BCUT2D eigenvalue weighted by molar-refractivity contribution is -0.401. The first kappa shape index (κ1) is 29.3. The van der Waals surface area contributed by atoms with Gasteiger partial charge in [-0.2, -0.15) is 9.68 Å². The fourth-order valence-electron chi connectivity index (χ4n) is 6.25. The van der Waals surface area contributed by atoms with Gasteiger partial charge in [0, 0.05) is 35.5 Å². The number of fused-ring (bicyclic) bond motifs is 1. The number of hydrogen-bond acceptors (Lipinski definition) is 2. The van der Waals surface area contributed by atoms with Crippen LogP contribution in [0.25, 0.3) is 0 Å². The molecule has 1 aliphatic carbocycles. The van der Waals surface area contributed by atoms with Gasteiger partial charge in [0.2, 0.25) is 5.69 Å². The molecule has 1 heterocycles. The molecular weight excluding hydrogens is 486 g/mol. The number of para-hydroxylation sites is 1. The molecule has 0 amide bonds. The van der Waals surface area contributed by atoms with Gasteiger partial charge in [0.15, 0.2) is 5.71 Å². The van der Waals surface area contributed by atoms with Crippen molar-refractivity contribution in [2.24, 2.45) is 5.10 Å². The van der Waals surface area contributed by atoms with Gasteiger partial charge in [0.1, 0.15) is 7.05 Å². The van der Waals surface area contributed by atoms with E-state index in [0.29, 0.717) is 0 Å². The molecule has 0 saturated carbocycles. The van der Waals surface area contributed by atoms with E-state index >= 15 is 0 Å². The van der Waals surface area contributed by atoms with E-state index in [1.165, 1.54) is 44.8 Å². The molecule has 40 heavy (non-hydrogen) atoms. The first-order chi connectivity index (χ1) is 19.0. The number of rotatable bonds is 8. The molecule has 2 aromatic rings. The van der Waals surface area contributed by atoms with Crippen molar-refractivity contribution in [3.8, 4) is 0 Å². The molecule has 0 saturated heterocycles. The average molecular weight is 533 g/mol. The highest BCUT2D eigenvalue weighted by molar-refractivity contribution is 6.03. The standard InChI is InChI=1S/C37H46N3/c1-10-38-40(11-2)35-29(24-23-28(4)36(5,6)31-20-13-12-17-27(31)3)18-16-19-30(35)25-26-34-37(7,8)32-21-14-15-22-33(32)39(34)9/h10-15,17,20-26H,2,16,18-19H2,1,3-9H3/q+1/b28-23-,29-24+,38-10-. The molecule has 1 aliphatic heterocycles. The van der Waals surface area contributed by atoms with Crippen LogP contribution >= 0.6 is 0 Å². The van der Waals surface area contributed by atoms with Gasteiger partial charge in [-0.1, -0.05) is 86.7 Å². The molecular formula is C37H46N3+. The summed E-state index contributed by atoms with van der Waals surface area (Å²) in [5, 5.41) is 6.62. The van der Waals surface area contributed by atoms with Crippen LogP contribution in [0.3, 0.4) is 0 Å². The van der Waals surface area contributed by atoms with Crippen molar-refractivity contribution in [2.75, 3.05) is 7.05 Å². The number of allylic oxidation sites excluding steroid dienone is 7. The van der Waals surface area contributed by atoms with Crippen molar-refractivity contribution < 1.29 is 4.58 Å². The van der Waals surface area contributed by atoms with Crippen LogP contribution < -0.4 is 0 Å². The van der Waals surface area contributed by atoms with Crippen LogP contribution in [-0.2, 0) is 10.8 Å². The van der Waals surface area contributed by atoms with E-state index in [0.717, 1.165) is 25.0 Å². The molecule has 208 valence electrons. The summed E-state index contributed by atoms with van der Waals surface area (Å²) in [6.07, 6.45) is 16.0. The van der Waals surface area contributed by atoms with Crippen LogP contribution in [0.4, 0.5) is 5.69 Å². The number of hydrazone groups is 1. The number of nitrogens with zero attached hydrogens (tertiary/aromatic N) is 3. The second-order valence-electron chi connectivity index (χ2n) is 12.0. The first-order valence-electron chi connectivity index (χ1n) is 14.5. The molecule has 4 rings (SSSR count). The van der Waals surface area contributed by atoms with Gasteiger partial charge in [-0.3, -0.25) is 0 Å². The van der Waals surface area contributed by atoms with Gasteiger partial charge in [-0.05, 0) is 76.2 Å². The Bertz CT molecular complexity index is 1470. The van der Waals surface area contributed by atoms with Crippen molar-refractivity contribution in [1.29, 1.82) is 0 Å². The predicted molar refractivity (Wildman–Crippen MR) is 173 cm³/mol. The van der Waals surface area contributed by atoms with Gasteiger partial charge in [0.05, 0.1) is 11.1 Å². The van der Waals surface area contributed by atoms with Gasteiger partial charge >= 0.3 is 0 Å². The predicted octanol–water partition coefficient (Wildman–Crippen LogP) is 9.30. The van der Waals surface area contributed by atoms with Crippen molar-refractivity contribution in [1.82, 2.24) is 5.01 Å². The highest BCUT2D eigenvalue weighted by atomic mass is 15.4. The molecule has 0 atom stereocenters. The van der Waals surface area contributed by atoms with Crippen LogP contribution in [0.5, 0.6) is 0 Å². The average Bonchev–Trinajstić information content (AvgIpc) is 3.13. The summed E-state index contributed by atoms with van der Waals surface area (Å²) in [6.45, 7) is 19.8. The first-order valence-corrected chi connectivity index (χ1v) is 14.5. The molecule has 0 fully saturated rings. The molecule has 0 N–H and O–H groups in total. The summed E-state index contributed by atoms with van der Waals surface area (Å²) in [5.41, 5.74) is 11.6. The van der Waals surface area contributed by atoms with Crippen molar-refractivity contribution in [2.45, 2.75) is 78.6 Å². The Hall–Kier alpha value is -3.72. The van der Waals surface area contributed by atoms with E-state index in [4.69, 9.17) is 0 Å². The number of aryl methyl sites for hydroxylation is 1. The second-order valence-corrected chi connectivity index (χ2v) is 12.0. The third kappa shape index (κ3) is 5.47. The lowest BCUT2D eigenvalue weighted by atomic mass is 9.76. The molecule has 0 aromatic heterocycles. The molecule has 0 spiro atoms. The summed E-state index contributed by atoms with van der Waals surface area (Å²) >= 11 is 0. The summed E-state index contributed by atoms with van der Waals surface area (Å²) < 4.78 is 2.33. The molecule has 2 aromatic carbocycles. The van der Waals surface area contributed by atoms with Gasteiger partial charge in [-0.15, -0.1) is 0 Å². The van der Waals surface area contributed by atoms with Crippen LogP contribution in [0.2, 0.25) is 0 Å². The fraction of sp³-hybridized carbons (Fsp3) is 0.351. The van der Waals surface area contributed by atoms with Crippen molar-refractivity contribution in [3.05, 3.63) is 125 Å². The summed E-state index contributed by atoms with van der Waals surface area (Å²) in [5.74, 6) is 0. The van der Waals surface area contributed by atoms with E-state index in [-0.39, 0.29) is 10.8 Å². The van der Waals surface area contributed by atoms with Crippen molar-refractivity contribution >= 4 is 17.6 Å². The maximum absolute atomic E-state index is 4.68. The highest BCUT2D eigenvalue weighted by Gasteiger charge is 2.42. The lowest BCUT2D eigenvalue weighted by Crippen LogP contribution is -2.26. The Morgan fingerprint density at radius 2 is 1.75 bits per heavy atom. The molecule has 2 aliphatic rings. The smallest absolute Gasteiger partial charge is 0.209 e. The van der Waals surface area contributed by atoms with E-state index in [1.54, 1.807) is 0 Å². The fourth-order valence-corrected chi connectivity index (χ4v) is 6.25. The largest absolute Gasteiger partial charge is 0.241 e. The zero-order valence-corrected chi connectivity index (χ0v) is 25.8. The zero-order valence-electron chi connectivity index (χ0n) is 25.8. The number of benzene rings is 2. The molecule has 3 nitrogen and oxygen atoms in total. The highest BCUT2D eigenvalue weighted by Crippen LogP contribution is 2.40. The maximum Gasteiger partial charge on any atom is 0.209 e. The van der Waals surface area contributed by atoms with E-state index in [1.807, 2.05) is 24.3 Å². The Morgan fingerprint density at radius 3 is 2.42 bits per heavy atom. The normalized spacial score (nSPS) is 18.8.